The van der Waals surface area contributed by atoms with Gasteiger partial charge in [0.2, 0.25) is 0 Å². The predicted molar refractivity (Wildman–Crippen MR) is 99.2 cm³/mol. The molecule has 0 atom stereocenters. The molecule has 2 aromatic carbocycles. The zero-order valence-corrected chi connectivity index (χ0v) is 14.3. The van der Waals surface area contributed by atoms with Crippen LogP contribution in [-0.2, 0) is 5.66 Å². The summed E-state index contributed by atoms with van der Waals surface area (Å²) in [7, 11) is 2.18. The quantitative estimate of drug-likeness (QED) is 0.742. The van der Waals surface area contributed by atoms with Crippen molar-refractivity contribution in [2.24, 2.45) is 0 Å². The number of aromatic nitrogens is 3. The lowest BCUT2D eigenvalue weighted by Gasteiger charge is -2.44. The van der Waals surface area contributed by atoms with Gasteiger partial charge in [-0.15, -0.1) is 5.10 Å². The van der Waals surface area contributed by atoms with Crippen molar-refractivity contribution >= 4 is 5.69 Å². The fourth-order valence-corrected chi connectivity index (χ4v) is 3.91. The summed E-state index contributed by atoms with van der Waals surface area (Å²) < 4.78 is 2.14. The molecule has 1 saturated heterocycles. The second-order valence-corrected chi connectivity index (χ2v) is 7.04. The molecule has 0 aliphatic carbocycles. The first-order valence-electron chi connectivity index (χ1n) is 8.84. The molecule has 1 fully saturated rings. The van der Waals surface area contributed by atoms with Crippen molar-refractivity contribution in [2.45, 2.75) is 18.5 Å². The standard InChI is InChI=1S/C20H21N5/c1-24-13-11-20(12-14-24)22-17-10-6-5-9-16(17)19-21-18(23-25(19)20)15-7-3-2-4-8-15/h2-10,22H,11-14H2,1H3. The van der Waals surface area contributed by atoms with E-state index < -0.39 is 0 Å². The van der Waals surface area contributed by atoms with Gasteiger partial charge < -0.3 is 10.2 Å². The molecule has 1 aromatic heterocycles. The first-order chi connectivity index (χ1) is 12.3. The lowest BCUT2D eigenvalue weighted by atomic mass is 9.93. The number of nitrogens with one attached hydrogen (secondary N) is 1. The molecule has 126 valence electrons. The van der Waals surface area contributed by atoms with Gasteiger partial charge in [0.25, 0.3) is 0 Å². The Morgan fingerprint density at radius 3 is 2.48 bits per heavy atom. The van der Waals surface area contributed by atoms with E-state index in [1.165, 1.54) is 0 Å². The fourth-order valence-electron chi connectivity index (χ4n) is 3.91. The first kappa shape index (κ1) is 14.7. The number of hydrogen-bond acceptors (Lipinski definition) is 4. The third kappa shape index (κ3) is 2.27. The van der Waals surface area contributed by atoms with E-state index in [1.807, 2.05) is 18.2 Å². The molecule has 0 saturated carbocycles. The van der Waals surface area contributed by atoms with Crippen molar-refractivity contribution in [3.63, 3.8) is 0 Å². The van der Waals surface area contributed by atoms with Crippen LogP contribution in [-0.4, -0.2) is 39.8 Å². The maximum atomic E-state index is 4.95. The van der Waals surface area contributed by atoms with Gasteiger partial charge >= 0.3 is 0 Å². The van der Waals surface area contributed by atoms with Crippen LogP contribution in [0.1, 0.15) is 12.8 Å². The smallest absolute Gasteiger partial charge is 0.181 e. The lowest BCUT2D eigenvalue weighted by molar-refractivity contribution is 0.140. The zero-order valence-electron chi connectivity index (χ0n) is 14.3. The van der Waals surface area contributed by atoms with Crippen molar-refractivity contribution in [3.8, 4) is 22.8 Å². The molecule has 2 aliphatic heterocycles. The fraction of sp³-hybridized carbons (Fsp3) is 0.300. The van der Waals surface area contributed by atoms with E-state index in [4.69, 9.17) is 10.1 Å². The van der Waals surface area contributed by atoms with Crippen molar-refractivity contribution in [2.75, 3.05) is 25.5 Å². The molecule has 0 radical (unpaired) electrons. The number of rotatable bonds is 1. The van der Waals surface area contributed by atoms with Crippen LogP contribution in [0.5, 0.6) is 0 Å². The van der Waals surface area contributed by atoms with Crippen LogP contribution in [0.15, 0.2) is 54.6 Å². The monoisotopic (exact) mass is 331 g/mol. The highest BCUT2D eigenvalue weighted by atomic mass is 15.5. The molecule has 0 bridgehead atoms. The number of anilines is 1. The highest BCUT2D eigenvalue weighted by Crippen LogP contribution is 2.42. The van der Waals surface area contributed by atoms with E-state index in [2.05, 4.69) is 58.3 Å². The Morgan fingerprint density at radius 1 is 0.960 bits per heavy atom. The highest BCUT2D eigenvalue weighted by molar-refractivity contribution is 5.77. The Morgan fingerprint density at radius 2 is 1.68 bits per heavy atom. The van der Waals surface area contributed by atoms with E-state index in [9.17, 15) is 0 Å². The number of likely N-dealkylation sites (tertiary alicyclic amines) is 1. The van der Waals surface area contributed by atoms with Gasteiger partial charge in [-0.3, -0.25) is 0 Å². The Balaban J connectivity index is 1.69. The van der Waals surface area contributed by atoms with Gasteiger partial charge in [-0.2, -0.15) is 0 Å². The summed E-state index contributed by atoms with van der Waals surface area (Å²) in [5.41, 5.74) is 3.16. The summed E-state index contributed by atoms with van der Waals surface area (Å²) in [5, 5.41) is 8.73. The minimum Gasteiger partial charge on any atom is -0.360 e. The third-order valence-electron chi connectivity index (χ3n) is 5.39. The molecule has 2 aliphatic rings. The number of fused-ring (bicyclic) bond motifs is 4. The molecule has 5 nitrogen and oxygen atoms in total. The maximum Gasteiger partial charge on any atom is 0.181 e. The third-order valence-corrected chi connectivity index (χ3v) is 5.39. The number of nitrogens with zero attached hydrogens (tertiary/aromatic N) is 4. The zero-order chi connectivity index (χ0) is 16.9. The molecule has 0 unspecified atom stereocenters. The molecular formula is C20H21N5. The average molecular weight is 331 g/mol. The van der Waals surface area contributed by atoms with Crippen molar-refractivity contribution < 1.29 is 0 Å². The van der Waals surface area contributed by atoms with E-state index in [0.29, 0.717) is 0 Å². The molecule has 5 heteroatoms. The summed E-state index contributed by atoms with van der Waals surface area (Å²) in [6.45, 7) is 2.10. The minimum atomic E-state index is -0.184. The second kappa shape index (κ2) is 5.43. The summed E-state index contributed by atoms with van der Waals surface area (Å²) in [4.78, 5) is 7.31. The molecule has 3 heterocycles. The van der Waals surface area contributed by atoms with E-state index >= 15 is 0 Å². The summed E-state index contributed by atoms with van der Waals surface area (Å²) in [6, 6.07) is 18.7. The summed E-state index contributed by atoms with van der Waals surface area (Å²) >= 11 is 0. The minimum absolute atomic E-state index is 0.184. The molecule has 3 aromatic rings. The largest absolute Gasteiger partial charge is 0.360 e. The Kier molecular flexibility index (Phi) is 3.18. The van der Waals surface area contributed by atoms with Gasteiger partial charge in [0.15, 0.2) is 11.6 Å². The van der Waals surface area contributed by atoms with Crippen LogP contribution in [0.4, 0.5) is 5.69 Å². The van der Waals surface area contributed by atoms with Crippen molar-refractivity contribution in [3.05, 3.63) is 54.6 Å². The highest BCUT2D eigenvalue weighted by Gasteiger charge is 2.42. The first-order valence-corrected chi connectivity index (χ1v) is 8.84. The van der Waals surface area contributed by atoms with Crippen LogP contribution in [0.2, 0.25) is 0 Å². The van der Waals surface area contributed by atoms with Crippen LogP contribution < -0.4 is 5.32 Å². The number of para-hydroxylation sites is 1. The number of piperidine rings is 1. The molecule has 5 rings (SSSR count). The van der Waals surface area contributed by atoms with Crippen molar-refractivity contribution in [1.29, 1.82) is 0 Å². The maximum absolute atomic E-state index is 4.95. The predicted octanol–water partition coefficient (Wildman–Crippen LogP) is 3.42. The normalized spacial score (nSPS) is 18.4. The Labute approximate surface area is 147 Å². The number of benzene rings is 2. The summed E-state index contributed by atoms with van der Waals surface area (Å²) in [5.74, 6) is 1.77. The van der Waals surface area contributed by atoms with Crippen LogP contribution >= 0.6 is 0 Å². The van der Waals surface area contributed by atoms with Gasteiger partial charge in [-0.05, 0) is 19.2 Å². The van der Waals surface area contributed by atoms with Crippen LogP contribution in [0, 0.1) is 0 Å². The molecule has 25 heavy (non-hydrogen) atoms. The molecule has 0 amide bonds. The van der Waals surface area contributed by atoms with E-state index in [0.717, 1.165) is 54.4 Å². The van der Waals surface area contributed by atoms with Gasteiger partial charge in [0.05, 0.1) is 0 Å². The van der Waals surface area contributed by atoms with Gasteiger partial charge in [-0.1, -0.05) is 42.5 Å². The molecular weight excluding hydrogens is 310 g/mol. The van der Waals surface area contributed by atoms with Gasteiger partial charge in [0, 0.05) is 42.7 Å². The van der Waals surface area contributed by atoms with Gasteiger partial charge in [-0.25, -0.2) is 9.67 Å². The van der Waals surface area contributed by atoms with Crippen LogP contribution in [0.25, 0.3) is 22.8 Å². The lowest BCUT2D eigenvalue weighted by Crippen LogP contribution is -2.52. The van der Waals surface area contributed by atoms with E-state index in [-0.39, 0.29) is 5.66 Å². The second-order valence-electron chi connectivity index (χ2n) is 7.04. The topological polar surface area (TPSA) is 46.0 Å². The molecule has 1 spiro atoms. The van der Waals surface area contributed by atoms with Gasteiger partial charge in [0.1, 0.15) is 5.66 Å². The number of hydrogen-bond donors (Lipinski definition) is 1. The molecule has 1 N–H and O–H groups in total. The Hall–Kier alpha value is -2.66. The van der Waals surface area contributed by atoms with Crippen LogP contribution in [0.3, 0.4) is 0 Å². The van der Waals surface area contributed by atoms with E-state index in [1.54, 1.807) is 0 Å². The Bertz CT molecular complexity index is 907. The van der Waals surface area contributed by atoms with Crippen molar-refractivity contribution in [1.82, 2.24) is 19.7 Å². The summed E-state index contributed by atoms with van der Waals surface area (Å²) in [6.07, 6.45) is 2.03. The average Bonchev–Trinajstić information content (AvgIpc) is 3.12. The SMILES string of the molecule is CN1CCC2(CC1)Nc1ccccc1-c1nc(-c3ccccc3)nn12.